The summed E-state index contributed by atoms with van der Waals surface area (Å²) in [7, 11) is 3.48. The Morgan fingerprint density at radius 2 is 1.04 bits per heavy atom. The first-order valence-corrected chi connectivity index (χ1v) is 9.85. The van der Waals surface area contributed by atoms with Crippen LogP contribution in [0.25, 0.3) is 11.1 Å². The topological polar surface area (TPSA) is 18.5 Å². The summed E-state index contributed by atoms with van der Waals surface area (Å²) in [5, 5.41) is 0. The predicted molar refractivity (Wildman–Crippen MR) is 111 cm³/mol. The third-order valence-corrected chi connectivity index (χ3v) is 5.30. The quantitative estimate of drug-likeness (QED) is 0.508. The molecule has 0 bridgehead atoms. The highest BCUT2D eigenvalue weighted by Gasteiger charge is 2.10. The van der Waals surface area contributed by atoms with Crippen molar-refractivity contribution in [3.63, 3.8) is 0 Å². The highest BCUT2D eigenvalue weighted by Crippen LogP contribution is 2.32. The Bertz CT molecular complexity index is 644. The van der Waals surface area contributed by atoms with Crippen LogP contribution in [0.1, 0.15) is 51.7 Å². The van der Waals surface area contributed by atoms with Crippen LogP contribution >= 0.6 is 0 Å². The number of hydrogen-bond acceptors (Lipinski definition) is 2. The SMILES string of the molecule is CCC(C)Cc1cc(OC)cc(-c2cc(CC(C)CC)cc(OC)c2)c1. The van der Waals surface area contributed by atoms with E-state index in [1.165, 1.54) is 35.1 Å². The molecule has 0 aliphatic heterocycles. The fourth-order valence-electron chi connectivity index (χ4n) is 3.22. The first-order chi connectivity index (χ1) is 12.5. The molecule has 0 spiro atoms. The molecule has 0 aliphatic rings. The van der Waals surface area contributed by atoms with Gasteiger partial charge >= 0.3 is 0 Å². The van der Waals surface area contributed by atoms with Crippen LogP contribution < -0.4 is 9.47 Å². The summed E-state index contributed by atoms with van der Waals surface area (Å²) < 4.78 is 11.1. The maximum Gasteiger partial charge on any atom is 0.119 e. The first kappa shape index (κ1) is 20.4. The summed E-state index contributed by atoms with van der Waals surface area (Å²) in [5.74, 6) is 3.18. The lowest BCUT2D eigenvalue weighted by atomic mass is 9.93. The van der Waals surface area contributed by atoms with Gasteiger partial charge in [-0.3, -0.25) is 0 Å². The number of rotatable bonds is 9. The summed E-state index contributed by atoms with van der Waals surface area (Å²) in [6.07, 6.45) is 4.52. The molecule has 2 nitrogen and oxygen atoms in total. The Kier molecular flexibility index (Phi) is 7.56. The largest absolute Gasteiger partial charge is 0.497 e. The van der Waals surface area contributed by atoms with Crippen LogP contribution in [0.5, 0.6) is 11.5 Å². The monoisotopic (exact) mass is 354 g/mol. The number of benzene rings is 2. The lowest BCUT2D eigenvalue weighted by molar-refractivity contribution is 0.413. The molecule has 142 valence electrons. The van der Waals surface area contributed by atoms with Gasteiger partial charge < -0.3 is 9.47 Å². The molecule has 2 aromatic rings. The van der Waals surface area contributed by atoms with Crippen molar-refractivity contribution < 1.29 is 9.47 Å². The van der Waals surface area contributed by atoms with Gasteiger partial charge in [0.1, 0.15) is 11.5 Å². The zero-order chi connectivity index (χ0) is 19.1. The van der Waals surface area contributed by atoms with Gasteiger partial charge in [-0.15, -0.1) is 0 Å². The van der Waals surface area contributed by atoms with Crippen LogP contribution in [0.3, 0.4) is 0 Å². The van der Waals surface area contributed by atoms with E-state index >= 15 is 0 Å². The minimum absolute atomic E-state index is 0.668. The van der Waals surface area contributed by atoms with Crippen LogP contribution in [-0.2, 0) is 12.8 Å². The van der Waals surface area contributed by atoms with Crippen LogP contribution in [0.4, 0.5) is 0 Å². The van der Waals surface area contributed by atoms with Gasteiger partial charge in [0, 0.05) is 0 Å². The molecule has 2 atom stereocenters. The van der Waals surface area contributed by atoms with Crippen molar-refractivity contribution in [2.75, 3.05) is 14.2 Å². The van der Waals surface area contributed by atoms with Crippen molar-refractivity contribution in [3.05, 3.63) is 47.5 Å². The van der Waals surface area contributed by atoms with E-state index in [0.717, 1.165) is 24.3 Å². The zero-order valence-corrected chi connectivity index (χ0v) is 17.3. The van der Waals surface area contributed by atoms with Crippen molar-refractivity contribution >= 4 is 0 Å². The zero-order valence-electron chi connectivity index (χ0n) is 17.3. The molecule has 0 saturated heterocycles. The van der Waals surface area contributed by atoms with Gasteiger partial charge in [0.05, 0.1) is 14.2 Å². The van der Waals surface area contributed by atoms with E-state index < -0.39 is 0 Å². The second-order valence-corrected chi connectivity index (χ2v) is 7.57. The summed E-state index contributed by atoms with van der Waals surface area (Å²) in [6.45, 7) is 9.09. The number of methoxy groups -OCH3 is 2. The predicted octanol–water partition coefficient (Wildman–Crippen LogP) is 6.55. The minimum atomic E-state index is 0.668. The minimum Gasteiger partial charge on any atom is -0.497 e. The fourth-order valence-corrected chi connectivity index (χ4v) is 3.22. The Hall–Kier alpha value is -1.96. The van der Waals surface area contributed by atoms with Gasteiger partial charge in [-0.1, -0.05) is 52.7 Å². The third kappa shape index (κ3) is 5.52. The Morgan fingerprint density at radius 3 is 1.35 bits per heavy atom. The summed E-state index contributed by atoms with van der Waals surface area (Å²) >= 11 is 0. The van der Waals surface area contributed by atoms with Crippen LogP contribution in [0.15, 0.2) is 36.4 Å². The molecule has 2 unspecified atom stereocenters. The lowest BCUT2D eigenvalue weighted by Crippen LogP contribution is -2.00. The van der Waals surface area contributed by atoms with E-state index in [1.807, 2.05) is 0 Å². The highest BCUT2D eigenvalue weighted by molar-refractivity contribution is 5.68. The average Bonchev–Trinajstić information content (AvgIpc) is 2.66. The third-order valence-electron chi connectivity index (χ3n) is 5.30. The smallest absolute Gasteiger partial charge is 0.119 e. The van der Waals surface area contributed by atoms with E-state index in [1.54, 1.807) is 14.2 Å². The van der Waals surface area contributed by atoms with E-state index in [9.17, 15) is 0 Å². The van der Waals surface area contributed by atoms with Gasteiger partial charge in [-0.25, -0.2) is 0 Å². The molecule has 2 rings (SSSR count). The van der Waals surface area contributed by atoms with E-state index in [-0.39, 0.29) is 0 Å². The Labute approximate surface area is 159 Å². The first-order valence-electron chi connectivity index (χ1n) is 9.85. The summed E-state index contributed by atoms with van der Waals surface area (Å²) in [5.41, 5.74) is 5.07. The highest BCUT2D eigenvalue weighted by atomic mass is 16.5. The van der Waals surface area contributed by atoms with Crippen LogP contribution in [-0.4, -0.2) is 14.2 Å². The van der Waals surface area contributed by atoms with Gasteiger partial charge in [-0.05, 0) is 71.2 Å². The molecule has 2 heteroatoms. The van der Waals surface area contributed by atoms with Crippen LogP contribution in [0.2, 0.25) is 0 Å². The molecular weight excluding hydrogens is 320 g/mol. The maximum atomic E-state index is 5.57. The molecule has 0 N–H and O–H groups in total. The molecule has 0 saturated carbocycles. The fraction of sp³-hybridized carbons (Fsp3) is 0.500. The van der Waals surface area contributed by atoms with Crippen molar-refractivity contribution in [1.82, 2.24) is 0 Å². The van der Waals surface area contributed by atoms with Crippen molar-refractivity contribution in [1.29, 1.82) is 0 Å². The van der Waals surface area contributed by atoms with Gasteiger partial charge in [0.15, 0.2) is 0 Å². The lowest BCUT2D eigenvalue weighted by Gasteiger charge is -2.15. The van der Waals surface area contributed by atoms with E-state index in [2.05, 4.69) is 64.1 Å². The Balaban J connectivity index is 2.44. The molecule has 0 radical (unpaired) electrons. The Morgan fingerprint density at radius 1 is 0.654 bits per heavy atom. The van der Waals surface area contributed by atoms with E-state index in [0.29, 0.717) is 11.8 Å². The summed E-state index contributed by atoms with van der Waals surface area (Å²) in [6, 6.07) is 13.2. The molecule has 26 heavy (non-hydrogen) atoms. The van der Waals surface area contributed by atoms with Crippen LogP contribution in [0, 0.1) is 11.8 Å². The standard InChI is InChI=1S/C24H34O2/c1-7-17(3)9-19-11-21(15-23(13-19)25-5)22-12-20(10-18(4)8-2)14-24(16-22)26-6/h11-18H,7-10H2,1-6H3. The van der Waals surface area contributed by atoms with Gasteiger partial charge in [0.2, 0.25) is 0 Å². The average molecular weight is 355 g/mol. The number of ether oxygens (including phenoxy) is 2. The molecule has 0 amide bonds. The molecule has 0 aromatic heterocycles. The molecule has 2 aromatic carbocycles. The molecular formula is C24H34O2. The van der Waals surface area contributed by atoms with Gasteiger partial charge in [-0.2, -0.15) is 0 Å². The molecule has 0 fully saturated rings. The van der Waals surface area contributed by atoms with Crippen molar-refractivity contribution in [2.45, 2.75) is 53.4 Å². The molecule has 0 heterocycles. The normalized spacial score (nSPS) is 13.3. The number of hydrogen-bond donors (Lipinski definition) is 0. The van der Waals surface area contributed by atoms with Gasteiger partial charge in [0.25, 0.3) is 0 Å². The second-order valence-electron chi connectivity index (χ2n) is 7.57. The summed E-state index contributed by atoms with van der Waals surface area (Å²) in [4.78, 5) is 0. The second kappa shape index (κ2) is 9.66. The van der Waals surface area contributed by atoms with Crippen molar-refractivity contribution in [2.24, 2.45) is 11.8 Å². The van der Waals surface area contributed by atoms with E-state index in [4.69, 9.17) is 9.47 Å². The van der Waals surface area contributed by atoms with Crippen molar-refractivity contribution in [3.8, 4) is 22.6 Å². The maximum absolute atomic E-state index is 5.57. The molecule has 0 aliphatic carbocycles.